The van der Waals surface area contributed by atoms with Gasteiger partial charge in [0.05, 0.1) is 22.6 Å². The molecule has 0 bridgehead atoms. The topological polar surface area (TPSA) is 109 Å². The van der Waals surface area contributed by atoms with Crippen molar-refractivity contribution in [3.8, 4) is 17.6 Å². The Morgan fingerprint density at radius 1 is 1.06 bits per heavy atom. The minimum absolute atomic E-state index is 0.0657. The van der Waals surface area contributed by atoms with E-state index in [1.807, 2.05) is 24.3 Å². The fourth-order valence-corrected chi connectivity index (χ4v) is 5.84. The normalized spacial score (nSPS) is 17.7. The summed E-state index contributed by atoms with van der Waals surface area (Å²) in [6.45, 7) is 5.67. The van der Waals surface area contributed by atoms with E-state index >= 15 is 0 Å². The van der Waals surface area contributed by atoms with Gasteiger partial charge in [-0.25, -0.2) is 8.42 Å². The van der Waals surface area contributed by atoms with Crippen LogP contribution in [0.1, 0.15) is 43.9 Å². The first-order valence-corrected chi connectivity index (χ1v) is 12.9. The van der Waals surface area contributed by atoms with Crippen molar-refractivity contribution >= 4 is 15.9 Å². The summed E-state index contributed by atoms with van der Waals surface area (Å²) in [4.78, 5) is 13.3. The van der Waals surface area contributed by atoms with Gasteiger partial charge >= 0.3 is 0 Å². The van der Waals surface area contributed by atoms with E-state index in [-0.39, 0.29) is 41.8 Å². The largest absolute Gasteiger partial charge is 0.486 e. The van der Waals surface area contributed by atoms with Crippen molar-refractivity contribution in [1.29, 1.82) is 5.26 Å². The molecule has 2 aliphatic rings. The van der Waals surface area contributed by atoms with Crippen LogP contribution in [0.15, 0.2) is 47.4 Å². The number of nitrogens with one attached hydrogen (secondary N) is 1. The third-order valence-electron chi connectivity index (χ3n) is 6.34. The van der Waals surface area contributed by atoms with Gasteiger partial charge in [0.1, 0.15) is 13.2 Å². The molecular weight excluding hydrogens is 454 g/mol. The first-order chi connectivity index (χ1) is 16.3. The van der Waals surface area contributed by atoms with Crippen LogP contribution in [-0.4, -0.2) is 44.9 Å². The maximum atomic E-state index is 13.1. The Balaban J connectivity index is 1.40. The number of hydrogen-bond acceptors (Lipinski definition) is 6. The highest BCUT2D eigenvalue weighted by atomic mass is 32.2. The number of benzene rings is 2. The number of carbonyl (C=O) groups is 1. The Labute approximate surface area is 200 Å². The number of rotatable bonds is 6. The highest BCUT2D eigenvalue weighted by molar-refractivity contribution is 7.89. The molecule has 2 heterocycles. The van der Waals surface area contributed by atoms with Crippen LogP contribution in [0.25, 0.3) is 0 Å². The summed E-state index contributed by atoms with van der Waals surface area (Å²) in [5, 5.41) is 12.1. The molecule has 0 spiro atoms. The zero-order chi connectivity index (χ0) is 24.3. The summed E-state index contributed by atoms with van der Waals surface area (Å²) < 4.78 is 38.6. The molecule has 1 N–H and O–H groups in total. The molecule has 9 heteroatoms. The van der Waals surface area contributed by atoms with E-state index < -0.39 is 10.0 Å². The van der Waals surface area contributed by atoms with Crippen molar-refractivity contribution in [3.05, 3.63) is 53.6 Å². The number of hydrogen-bond donors (Lipinski definition) is 1. The van der Waals surface area contributed by atoms with E-state index in [1.165, 1.54) is 28.6 Å². The third-order valence-corrected chi connectivity index (χ3v) is 8.25. The molecule has 1 atom stereocenters. The average Bonchev–Trinajstić information content (AvgIpc) is 2.86. The summed E-state index contributed by atoms with van der Waals surface area (Å²) >= 11 is 0. The first kappa shape index (κ1) is 24.0. The number of nitriles is 1. The highest BCUT2D eigenvalue weighted by Crippen LogP contribution is 2.35. The molecule has 1 fully saturated rings. The lowest BCUT2D eigenvalue weighted by Gasteiger charge is -2.32. The third kappa shape index (κ3) is 5.03. The summed E-state index contributed by atoms with van der Waals surface area (Å²) in [7, 11) is -3.66. The van der Waals surface area contributed by atoms with Crippen molar-refractivity contribution in [1.82, 2.24) is 9.62 Å². The van der Waals surface area contributed by atoms with Gasteiger partial charge in [-0.15, -0.1) is 0 Å². The summed E-state index contributed by atoms with van der Waals surface area (Å²) in [6.07, 6.45) is 0.903. The van der Waals surface area contributed by atoms with Crippen LogP contribution in [0.2, 0.25) is 0 Å². The molecule has 0 aromatic heterocycles. The number of piperidine rings is 1. The summed E-state index contributed by atoms with van der Waals surface area (Å²) in [5.74, 6) is 1.22. The van der Waals surface area contributed by atoms with Gasteiger partial charge in [-0.2, -0.15) is 9.57 Å². The molecule has 0 radical (unpaired) electrons. The zero-order valence-corrected chi connectivity index (χ0v) is 20.2. The molecule has 1 saturated heterocycles. The Morgan fingerprint density at radius 2 is 1.71 bits per heavy atom. The van der Waals surface area contributed by atoms with Crippen LogP contribution in [-0.2, 0) is 14.8 Å². The molecule has 8 nitrogen and oxygen atoms in total. The number of amides is 1. The van der Waals surface area contributed by atoms with E-state index in [9.17, 15) is 13.2 Å². The average molecular weight is 484 g/mol. The van der Waals surface area contributed by atoms with Crippen molar-refractivity contribution in [2.75, 3.05) is 26.3 Å². The Bertz CT molecular complexity index is 1180. The smallest absolute Gasteiger partial charge is 0.243 e. The molecule has 4 rings (SSSR count). The van der Waals surface area contributed by atoms with Gasteiger partial charge in [0, 0.05) is 19.0 Å². The van der Waals surface area contributed by atoms with E-state index in [1.54, 1.807) is 0 Å². The zero-order valence-electron chi connectivity index (χ0n) is 19.4. The highest BCUT2D eigenvalue weighted by Gasteiger charge is 2.33. The number of ether oxygens (including phenoxy) is 2. The standard InChI is InChI=1S/C25H29N3O5S/c1-17(2)24(20-5-8-22-23(15-20)33-14-13-32-22)27-25(29)19-9-11-28(12-10-19)34(30,31)21-6-3-18(16-26)4-7-21/h3-8,15,17,19,24H,9-14H2,1-2H3,(H,27,29)/t24-/m0/s1. The van der Waals surface area contributed by atoms with E-state index in [4.69, 9.17) is 14.7 Å². The second-order valence-corrected chi connectivity index (χ2v) is 10.9. The number of sulfonamides is 1. The number of nitrogens with zero attached hydrogens (tertiary/aromatic N) is 2. The van der Waals surface area contributed by atoms with Crippen molar-refractivity contribution in [2.45, 2.75) is 37.6 Å². The SMILES string of the molecule is CC(C)[C@H](NC(=O)C1CCN(S(=O)(=O)c2ccc(C#N)cc2)CC1)c1ccc2c(c1)OCCO2. The maximum Gasteiger partial charge on any atom is 0.243 e. The van der Waals surface area contributed by atoms with E-state index in [2.05, 4.69) is 19.2 Å². The van der Waals surface area contributed by atoms with Gasteiger partial charge in [0.15, 0.2) is 11.5 Å². The van der Waals surface area contributed by atoms with Gasteiger partial charge in [0.25, 0.3) is 0 Å². The van der Waals surface area contributed by atoms with E-state index in [0.29, 0.717) is 43.1 Å². The second kappa shape index (κ2) is 10.0. The maximum absolute atomic E-state index is 13.1. The monoisotopic (exact) mass is 483 g/mol. The minimum atomic E-state index is -3.66. The molecule has 1 amide bonds. The Hall–Kier alpha value is -3.09. The van der Waals surface area contributed by atoms with Crippen LogP contribution < -0.4 is 14.8 Å². The Kier molecular flexibility index (Phi) is 7.10. The predicted octanol–water partition coefficient (Wildman–Crippen LogP) is 3.24. The molecule has 0 aliphatic carbocycles. The molecule has 0 saturated carbocycles. The molecule has 34 heavy (non-hydrogen) atoms. The number of carbonyl (C=O) groups excluding carboxylic acids is 1. The van der Waals surface area contributed by atoms with Gasteiger partial charge in [-0.1, -0.05) is 19.9 Å². The number of fused-ring (bicyclic) bond motifs is 1. The minimum Gasteiger partial charge on any atom is -0.486 e. The molecule has 2 aromatic carbocycles. The lowest BCUT2D eigenvalue weighted by Crippen LogP contribution is -2.44. The van der Waals surface area contributed by atoms with Crippen molar-refractivity contribution in [2.24, 2.45) is 11.8 Å². The van der Waals surface area contributed by atoms with Crippen LogP contribution in [0.5, 0.6) is 11.5 Å². The van der Waals surface area contributed by atoms with Crippen LogP contribution in [0.3, 0.4) is 0 Å². The lowest BCUT2D eigenvalue weighted by atomic mass is 9.92. The fraction of sp³-hybridized carbons (Fsp3) is 0.440. The molecular formula is C25H29N3O5S. The summed E-state index contributed by atoms with van der Waals surface area (Å²) in [5.41, 5.74) is 1.36. The summed E-state index contributed by atoms with van der Waals surface area (Å²) in [6, 6.07) is 13.4. The Morgan fingerprint density at radius 3 is 2.32 bits per heavy atom. The predicted molar refractivity (Wildman–Crippen MR) is 126 cm³/mol. The molecule has 0 unspecified atom stereocenters. The second-order valence-electron chi connectivity index (χ2n) is 8.95. The lowest BCUT2D eigenvalue weighted by molar-refractivity contribution is -0.127. The van der Waals surface area contributed by atoms with Crippen molar-refractivity contribution in [3.63, 3.8) is 0 Å². The van der Waals surface area contributed by atoms with Crippen LogP contribution in [0, 0.1) is 23.2 Å². The fourth-order valence-electron chi connectivity index (χ4n) is 4.37. The van der Waals surface area contributed by atoms with E-state index in [0.717, 1.165) is 5.56 Å². The molecule has 2 aromatic rings. The van der Waals surface area contributed by atoms with Gasteiger partial charge in [0.2, 0.25) is 15.9 Å². The van der Waals surface area contributed by atoms with Crippen LogP contribution >= 0.6 is 0 Å². The quantitative estimate of drug-likeness (QED) is 0.676. The van der Waals surface area contributed by atoms with Crippen LogP contribution in [0.4, 0.5) is 0 Å². The van der Waals surface area contributed by atoms with Crippen molar-refractivity contribution < 1.29 is 22.7 Å². The van der Waals surface area contributed by atoms with Gasteiger partial charge in [-0.05, 0) is 60.7 Å². The first-order valence-electron chi connectivity index (χ1n) is 11.5. The van der Waals surface area contributed by atoms with Gasteiger partial charge in [-0.3, -0.25) is 4.79 Å². The molecule has 180 valence electrons. The van der Waals surface area contributed by atoms with Gasteiger partial charge < -0.3 is 14.8 Å². The molecule has 2 aliphatic heterocycles.